The number of ether oxygens (including phenoxy) is 3. The Balaban J connectivity index is 1.93. The van der Waals surface area contributed by atoms with Crippen LogP contribution in [-0.2, 0) is 20.9 Å². The van der Waals surface area contributed by atoms with Crippen LogP contribution in [0.15, 0.2) is 62.1 Å². The van der Waals surface area contributed by atoms with Gasteiger partial charge in [-0.1, -0.05) is 46.7 Å². The topological polar surface area (TPSA) is 132 Å². The zero-order chi connectivity index (χ0) is 28.5. The van der Waals surface area contributed by atoms with E-state index >= 15 is 0 Å². The molecule has 0 saturated carbocycles. The van der Waals surface area contributed by atoms with E-state index in [1.54, 1.807) is 37.3 Å². The van der Waals surface area contributed by atoms with E-state index in [9.17, 15) is 19.5 Å². The van der Waals surface area contributed by atoms with Gasteiger partial charge in [-0.15, -0.1) is 0 Å². The molecule has 0 saturated heterocycles. The van der Waals surface area contributed by atoms with Crippen LogP contribution in [0.5, 0.6) is 11.5 Å². The quantitative estimate of drug-likeness (QED) is 0.278. The number of esters is 1. The lowest BCUT2D eigenvalue weighted by atomic mass is 10.1. The van der Waals surface area contributed by atoms with E-state index in [0.717, 1.165) is 17.3 Å². The highest BCUT2D eigenvalue weighted by Gasteiger charge is 2.34. The number of thioether (sulfide) groups is 1. The third-order valence-electron chi connectivity index (χ3n) is 5.31. The summed E-state index contributed by atoms with van der Waals surface area (Å²) in [5, 5.41) is 20.1. The monoisotopic (exact) mass is 617 g/mol. The maximum atomic E-state index is 12.5. The van der Waals surface area contributed by atoms with Crippen LogP contribution in [0, 0.1) is 0 Å². The second kappa shape index (κ2) is 14.0. The standard InChI is InChI=1S/C28H28BrNO8S/c1-4-7-23(31)30-26-24(28(35)37-6-3)25(32)22(39-26)13-18-12-20(36-5-2)21(14-19(18)29)38-15-16-8-10-17(11-9-16)27(33)34/h8-14,32H,4-7,15H2,1-3H3,(H,33,34)/b22-13-,30-26?. The number of carboxylic acid groups (broad SMARTS) is 1. The Hall–Kier alpha value is -3.57. The van der Waals surface area contributed by atoms with E-state index < -0.39 is 17.8 Å². The van der Waals surface area contributed by atoms with Gasteiger partial charge in [-0.2, -0.15) is 0 Å². The van der Waals surface area contributed by atoms with Crippen molar-refractivity contribution >= 4 is 56.7 Å². The van der Waals surface area contributed by atoms with Crippen LogP contribution in [0.25, 0.3) is 6.08 Å². The zero-order valence-corrected chi connectivity index (χ0v) is 24.1. The Morgan fingerprint density at radius 2 is 1.72 bits per heavy atom. The summed E-state index contributed by atoms with van der Waals surface area (Å²) in [5.74, 6) is -1.59. The van der Waals surface area contributed by atoms with Crippen LogP contribution in [0.4, 0.5) is 0 Å². The summed E-state index contributed by atoms with van der Waals surface area (Å²) in [7, 11) is 0. The minimum absolute atomic E-state index is 0.0886. The second-order valence-electron chi connectivity index (χ2n) is 8.16. The second-order valence-corrected chi connectivity index (χ2v) is 10.0. The summed E-state index contributed by atoms with van der Waals surface area (Å²) in [5.41, 5.74) is 1.44. The first-order valence-corrected chi connectivity index (χ1v) is 13.8. The van der Waals surface area contributed by atoms with Crippen LogP contribution in [0.3, 0.4) is 0 Å². The lowest BCUT2D eigenvalue weighted by Gasteiger charge is -2.14. The summed E-state index contributed by atoms with van der Waals surface area (Å²) in [6.45, 7) is 5.97. The molecule has 1 aliphatic rings. The molecule has 1 aliphatic heterocycles. The molecule has 3 rings (SSSR count). The van der Waals surface area contributed by atoms with Crippen LogP contribution >= 0.6 is 27.7 Å². The average molecular weight is 619 g/mol. The number of carboxylic acids is 1. The SMILES string of the molecule is CCCC(=O)N=C1S/C(=C\c2cc(OCC)c(OCc3ccc(C(=O)O)cc3)cc2Br)C(O)=C1C(=O)OCC. The minimum Gasteiger partial charge on any atom is -0.506 e. The van der Waals surface area contributed by atoms with E-state index in [4.69, 9.17) is 19.3 Å². The fraction of sp³-hybridized carbons (Fsp3) is 0.286. The Bertz CT molecular complexity index is 1350. The third-order valence-corrected chi connectivity index (χ3v) is 7.01. The van der Waals surface area contributed by atoms with Gasteiger partial charge in [0, 0.05) is 10.9 Å². The molecular weight excluding hydrogens is 590 g/mol. The van der Waals surface area contributed by atoms with Gasteiger partial charge in [0.2, 0.25) is 5.91 Å². The lowest BCUT2D eigenvalue weighted by molar-refractivity contribution is -0.138. The molecule has 0 aliphatic carbocycles. The lowest BCUT2D eigenvalue weighted by Crippen LogP contribution is -2.14. The van der Waals surface area contributed by atoms with Gasteiger partial charge < -0.3 is 24.4 Å². The number of amides is 1. The number of halogens is 1. The average Bonchev–Trinajstić information content (AvgIpc) is 3.19. The molecule has 2 aromatic rings. The molecule has 0 spiro atoms. The first-order valence-electron chi connectivity index (χ1n) is 12.2. The van der Waals surface area contributed by atoms with Gasteiger partial charge in [0.15, 0.2) is 11.5 Å². The predicted molar refractivity (Wildman–Crippen MR) is 152 cm³/mol. The molecule has 39 heavy (non-hydrogen) atoms. The molecule has 0 bridgehead atoms. The number of aliphatic hydroxyl groups excluding tert-OH is 1. The largest absolute Gasteiger partial charge is 0.506 e. The number of benzene rings is 2. The molecule has 2 aromatic carbocycles. The van der Waals surface area contributed by atoms with E-state index in [1.165, 1.54) is 12.1 Å². The third kappa shape index (κ3) is 7.73. The van der Waals surface area contributed by atoms with Crippen molar-refractivity contribution in [2.45, 2.75) is 40.2 Å². The Morgan fingerprint density at radius 1 is 1.03 bits per heavy atom. The zero-order valence-electron chi connectivity index (χ0n) is 21.7. The molecule has 1 heterocycles. The number of aliphatic hydroxyl groups is 1. The van der Waals surface area contributed by atoms with Crippen molar-refractivity contribution in [2.75, 3.05) is 13.2 Å². The molecule has 0 unspecified atom stereocenters. The molecule has 11 heteroatoms. The fourth-order valence-corrected chi connectivity index (χ4v) is 4.92. The molecule has 0 aromatic heterocycles. The van der Waals surface area contributed by atoms with Gasteiger partial charge in [-0.25, -0.2) is 14.6 Å². The minimum atomic E-state index is -1.00. The van der Waals surface area contributed by atoms with Crippen LogP contribution in [-0.4, -0.2) is 46.3 Å². The maximum absolute atomic E-state index is 12.5. The van der Waals surface area contributed by atoms with Gasteiger partial charge in [-0.3, -0.25) is 4.79 Å². The van der Waals surface area contributed by atoms with Gasteiger partial charge in [0.25, 0.3) is 0 Å². The van der Waals surface area contributed by atoms with Crippen molar-refractivity contribution < 1.29 is 38.8 Å². The predicted octanol–water partition coefficient (Wildman–Crippen LogP) is 6.31. The number of rotatable bonds is 11. The highest BCUT2D eigenvalue weighted by Crippen LogP contribution is 2.42. The van der Waals surface area contributed by atoms with Crippen molar-refractivity contribution in [2.24, 2.45) is 4.99 Å². The van der Waals surface area contributed by atoms with Gasteiger partial charge in [0.05, 0.1) is 23.7 Å². The van der Waals surface area contributed by atoms with Gasteiger partial charge in [-0.05, 0) is 61.7 Å². The molecule has 1 amide bonds. The molecule has 9 nitrogen and oxygen atoms in total. The van der Waals surface area contributed by atoms with E-state index in [-0.39, 0.29) is 41.6 Å². The molecular formula is C28H28BrNO8S. The number of aromatic carboxylic acids is 1. The van der Waals surface area contributed by atoms with Crippen molar-refractivity contribution in [1.29, 1.82) is 0 Å². The first-order chi connectivity index (χ1) is 18.7. The summed E-state index contributed by atoms with van der Waals surface area (Å²) >= 11 is 4.53. The summed E-state index contributed by atoms with van der Waals surface area (Å²) in [6.07, 6.45) is 2.46. The number of carbonyl (C=O) groups is 3. The Kier molecular flexibility index (Phi) is 10.8. The van der Waals surface area contributed by atoms with E-state index in [2.05, 4.69) is 20.9 Å². The van der Waals surface area contributed by atoms with E-state index in [0.29, 0.717) is 39.5 Å². The van der Waals surface area contributed by atoms with Crippen molar-refractivity contribution in [1.82, 2.24) is 0 Å². The summed E-state index contributed by atoms with van der Waals surface area (Å²) in [4.78, 5) is 40.1. The molecule has 2 N–H and O–H groups in total. The van der Waals surface area contributed by atoms with Crippen molar-refractivity contribution in [3.63, 3.8) is 0 Å². The molecule has 0 fully saturated rings. The van der Waals surface area contributed by atoms with Crippen LogP contribution in [0.1, 0.15) is 55.1 Å². The number of carbonyl (C=O) groups excluding carboxylic acids is 2. The van der Waals surface area contributed by atoms with Crippen molar-refractivity contribution in [3.8, 4) is 11.5 Å². The highest BCUT2D eigenvalue weighted by molar-refractivity contribution is 9.10. The van der Waals surface area contributed by atoms with Crippen molar-refractivity contribution in [3.05, 3.63) is 73.8 Å². The Morgan fingerprint density at radius 3 is 2.33 bits per heavy atom. The normalized spacial score (nSPS) is 15.1. The first kappa shape index (κ1) is 30.0. The summed E-state index contributed by atoms with van der Waals surface area (Å²) in [6, 6.07) is 9.80. The number of hydrogen-bond acceptors (Lipinski definition) is 8. The fourth-order valence-electron chi connectivity index (χ4n) is 3.46. The molecule has 206 valence electrons. The smallest absolute Gasteiger partial charge is 0.344 e. The van der Waals surface area contributed by atoms with Gasteiger partial charge >= 0.3 is 11.9 Å². The van der Waals surface area contributed by atoms with E-state index in [1.807, 2.05) is 13.8 Å². The van der Waals surface area contributed by atoms with Crippen LogP contribution in [0.2, 0.25) is 0 Å². The molecule has 0 radical (unpaired) electrons. The number of nitrogens with zero attached hydrogens (tertiary/aromatic N) is 1. The number of hydrogen-bond donors (Lipinski definition) is 2. The number of aliphatic imine (C=N–C) groups is 1. The summed E-state index contributed by atoms with van der Waals surface area (Å²) < 4.78 is 17.4. The molecule has 0 atom stereocenters. The van der Waals surface area contributed by atoms with Gasteiger partial charge in [0.1, 0.15) is 23.0 Å². The highest BCUT2D eigenvalue weighted by atomic mass is 79.9. The van der Waals surface area contributed by atoms with Crippen LogP contribution < -0.4 is 9.47 Å². The maximum Gasteiger partial charge on any atom is 0.344 e. The Labute approximate surface area is 238 Å².